The number of anilines is 1. The van der Waals surface area contributed by atoms with E-state index in [1.165, 1.54) is 12.1 Å². The maximum atomic E-state index is 13.8. The van der Waals surface area contributed by atoms with Crippen LogP contribution in [0.1, 0.15) is 40.8 Å². The fourth-order valence-electron chi connectivity index (χ4n) is 4.45. The molecule has 7 nitrogen and oxygen atoms in total. The van der Waals surface area contributed by atoms with Crippen LogP contribution in [0.15, 0.2) is 48.8 Å². The topological polar surface area (TPSA) is 99.6 Å². The van der Waals surface area contributed by atoms with Crippen LogP contribution in [0.3, 0.4) is 0 Å². The maximum Gasteiger partial charge on any atom is 0.156 e. The summed E-state index contributed by atoms with van der Waals surface area (Å²) in [6, 6.07) is 10.3. The molecule has 5 rings (SSSR count). The van der Waals surface area contributed by atoms with Crippen LogP contribution in [-0.2, 0) is 33.1 Å². The van der Waals surface area contributed by atoms with Gasteiger partial charge in [-0.1, -0.05) is 25.1 Å². The van der Waals surface area contributed by atoms with Gasteiger partial charge >= 0.3 is 0 Å². The first-order valence-electron chi connectivity index (χ1n) is 11.0. The average Bonchev–Trinajstić information content (AvgIpc) is 3.48. The molecule has 0 fully saturated rings. The van der Waals surface area contributed by atoms with E-state index in [-0.39, 0.29) is 11.5 Å². The Kier molecular flexibility index (Phi) is 5.30. The number of imidazole rings is 1. The first-order chi connectivity index (χ1) is 15.9. The van der Waals surface area contributed by atoms with E-state index in [1.807, 2.05) is 44.6 Å². The highest BCUT2D eigenvalue weighted by atomic mass is 19.1. The van der Waals surface area contributed by atoms with Gasteiger partial charge in [-0.25, -0.2) is 9.37 Å². The molecule has 0 radical (unpaired) electrons. The van der Waals surface area contributed by atoms with Gasteiger partial charge in [-0.05, 0) is 41.3 Å². The molecule has 0 atom stereocenters. The van der Waals surface area contributed by atoms with Crippen LogP contribution in [0, 0.1) is 11.2 Å². The summed E-state index contributed by atoms with van der Waals surface area (Å²) in [4.78, 5) is 10.3. The van der Waals surface area contributed by atoms with Crippen molar-refractivity contribution in [2.75, 3.05) is 5.73 Å². The number of hydrogen-bond donors (Lipinski definition) is 3. The number of aromatic amines is 1. The quantitative estimate of drug-likeness (QED) is 0.309. The molecule has 4 N–H and O–H groups in total. The number of benzene rings is 2. The lowest BCUT2D eigenvalue weighted by molar-refractivity contribution is 0.271. The molecule has 0 amide bonds. The number of nitrogens with two attached hydrogens (primary N) is 1. The molecule has 0 unspecified atom stereocenters. The Bertz CT molecular complexity index is 1330. The Morgan fingerprint density at radius 1 is 1.21 bits per heavy atom. The van der Waals surface area contributed by atoms with Crippen LogP contribution >= 0.6 is 0 Å². The van der Waals surface area contributed by atoms with Crippen molar-refractivity contribution in [3.05, 3.63) is 88.5 Å². The van der Waals surface area contributed by atoms with Gasteiger partial charge in [-0.15, -0.1) is 0 Å². The van der Waals surface area contributed by atoms with Crippen molar-refractivity contribution in [1.29, 1.82) is 5.41 Å². The van der Waals surface area contributed by atoms with Gasteiger partial charge < -0.3 is 10.7 Å². The average molecular weight is 444 g/mol. The van der Waals surface area contributed by atoms with Crippen LogP contribution in [0.5, 0.6) is 0 Å². The van der Waals surface area contributed by atoms with Crippen molar-refractivity contribution < 1.29 is 4.39 Å². The highest BCUT2D eigenvalue weighted by Crippen LogP contribution is 2.30. The zero-order chi connectivity index (χ0) is 23.1. The zero-order valence-electron chi connectivity index (χ0n) is 18.7. The molecule has 33 heavy (non-hydrogen) atoms. The highest BCUT2D eigenvalue weighted by molar-refractivity contribution is 6.12. The SMILES string of the molecule is CCc1ccc(F)cc1-c1ccc(C(=N)c2nc3c([nH]2)CN(Cc2cnn(C)c2)C3)c(N)c1. The molecule has 0 bridgehead atoms. The minimum Gasteiger partial charge on any atom is -0.398 e. The molecule has 0 saturated carbocycles. The number of aromatic nitrogens is 4. The summed E-state index contributed by atoms with van der Waals surface area (Å²) < 4.78 is 15.6. The van der Waals surface area contributed by atoms with Gasteiger partial charge in [0, 0.05) is 49.7 Å². The van der Waals surface area contributed by atoms with Crippen LogP contribution < -0.4 is 5.73 Å². The van der Waals surface area contributed by atoms with Crippen molar-refractivity contribution in [3.8, 4) is 11.1 Å². The number of nitrogen functional groups attached to an aromatic ring is 1. The van der Waals surface area contributed by atoms with Crippen molar-refractivity contribution in [1.82, 2.24) is 24.6 Å². The van der Waals surface area contributed by atoms with Crippen molar-refractivity contribution in [3.63, 3.8) is 0 Å². The fraction of sp³-hybridized carbons (Fsp3) is 0.240. The van der Waals surface area contributed by atoms with Gasteiger partial charge in [-0.2, -0.15) is 5.10 Å². The van der Waals surface area contributed by atoms with E-state index in [9.17, 15) is 4.39 Å². The lowest BCUT2D eigenvalue weighted by Crippen LogP contribution is -2.17. The number of rotatable bonds is 6. The third kappa shape index (κ3) is 4.05. The largest absolute Gasteiger partial charge is 0.398 e. The minimum absolute atomic E-state index is 0.252. The Balaban J connectivity index is 1.34. The summed E-state index contributed by atoms with van der Waals surface area (Å²) in [5.74, 6) is 0.237. The van der Waals surface area contributed by atoms with E-state index in [0.29, 0.717) is 17.1 Å². The normalized spacial score (nSPS) is 13.4. The van der Waals surface area contributed by atoms with Crippen molar-refractivity contribution in [2.45, 2.75) is 33.0 Å². The van der Waals surface area contributed by atoms with E-state index >= 15 is 0 Å². The number of aryl methyl sites for hydroxylation is 2. The number of H-pyrrole nitrogens is 1. The zero-order valence-corrected chi connectivity index (χ0v) is 18.7. The standard InChI is InChI=1S/C25H26FN7/c1-3-16-4-6-18(26)9-20(16)17-5-7-19(21(27)8-17)24(28)25-30-22-13-33(14-23(22)31-25)12-15-10-29-32(2)11-15/h4-11,28H,3,12-14,27H2,1-2H3,(H,30,31). The molecule has 168 valence electrons. The van der Waals surface area contributed by atoms with Gasteiger partial charge in [0.2, 0.25) is 0 Å². The summed E-state index contributed by atoms with van der Waals surface area (Å²) in [5.41, 5.74) is 13.5. The first kappa shape index (κ1) is 21.1. The molecule has 4 aromatic rings. The second kappa shape index (κ2) is 8.29. The van der Waals surface area contributed by atoms with E-state index in [2.05, 4.69) is 20.0 Å². The fourth-order valence-corrected chi connectivity index (χ4v) is 4.45. The van der Waals surface area contributed by atoms with Gasteiger partial charge in [0.1, 0.15) is 11.5 Å². The molecule has 8 heteroatoms. The molecule has 0 spiro atoms. The third-order valence-corrected chi connectivity index (χ3v) is 6.11. The molecular formula is C25H26FN7. The molecule has 2 aromatic carbocycles. The molecule has 0 saturated heterocycles. The Hall–Kier alpha value is -3.78. The molecular weight excluding hydrogens is 417 g/mol. The minimum atomic E-state index is -0.278. The maximum absolute atomic E-state index is 13.8. The molecule has 0 aliphatic carbocycles. The van der Waals surface area contributed by atoms with Crippen LogP contribution in [0.4, 0.5) is 10.1 Å². The van der Waals surface area contributed by atoms with Gasteiger partial charge in [0.25, 0.3) is 0 Å². The summed E-state index contributed by atoms with van der Waals surface area (Å²) in [6.07, 6.45) is 4.69. The lowest BCUT2D eigenvalue weighted by atomic mass is 9.95. The predicted molar refractivity (Wildman–Crippen MR) is 126 cm³/mol. The molecule has 1 aliphatic heterocycles. The van der Waals surface area contributed by atoms with Gasteiger partial charge in [-0.3, -0.25) is 15.0 Å². The van der Waals surface area contributed by atoms with Crippen LogP contribution in [0.25, 0.3) is 11.1 Å². The summed E-state index contributed by atoms with van der Waals surface area (Å²) in [7, 11) is 1.91. The van der Waals surface area contributed by atoms with Gasteiger partial charge in [0.05, 0.1) is 17.6 Å². The highest BCUT2D eigenvalue weighted by Gasteiger charge is 2.25. The Labute approximate surface area is 191 Å². The smallest absolute Gasteiger partial charge is 0.156 e. The van der Waals surface area contributed by atoms with Crippen molar-refractivity contribution >= 4 is 11.4 Å². The number of fused-ring (bicyclic) bond motifs is 1. The summed E-state index contributed by atoms with van der Waals surface area (Å²) in [6.45, 7) is 4.32. The van der Waals surface area contributed by atoms with Crippen molar-refractivity contribution in [2.24, 2.45) is 7.05 Å². The lowest BCUT2D eigenvalue weighted by Gasteiger charge is -2.14. The Morgan fingerprint density at radius 2 is 2.06 bits per heavy atom. The second-order valence-electron chi connectivity index (χ2n) is 8.51. The predicted octanol–water partition coefficient (Wildman–Crippen LogP) is 4.03. The molecule has 3 heterocycles. The van der Waals surface area contributed by atoms with Crippen LogP contribution in [0.2, 0.25) is 0 Å². The van der Waals surface area contributed by atoms with E-state index in [4.69, 9.17) is 11.1 Å². The summed E-state index contributed by atoms with van der Waals surface area (Å²) >= 11 is 0. The number of nitrogens with zero attached hydrogens (tertiary/aromatic N) is 4. The molecule has 1 aliphatic rings. The summed E-state index contributed by atoms with van der Waals surface area (Å²) in [5, 5.41) is 12.9. The van der Waals surface area contributed by atoms with E-state index in [1.54, 1.807) is 10.7 Å². The van der Waals surface area contributed by atoms with E-state index in [0.717, 1.165) is 59.7 Å². The number of hydrogen-bond acceptors (Lipinski definition) is 5. The number of halogens is 1. The Morgan fingerprint density at radius 3 is 2.76 bits per heavy atom. The first-order valence-corrected chi connectivity index (χ1v) is 11.0. The second-order valence-corrected chi connectivity index (χ2v) is 8.51. The number of nitrogens with one attached hydrogen (secondary N) is 2. The van der Waals surface area contributed by atoms with Crippen LogP contribution in [-0.4, -0.2) is 30.4 Å². The molecule has 2 aromatic heterocycles. The third-order valence-electron chi connectivity index (χ3n) is 6.11. The van der Waals surface area contributed by atoms with E-state index < -0.39 is 0 Å². The van der Waals surface area contributed by atoms with Gasteiger partial charge in [0.15, 0.2) is 5.82 Å². The monoisotopic (exact) mass is 443 g/mol.